The van der Waals surface area contributed by atoms with E-state index < -0.39 is 12.0 Å². The molecule has 0 aliphatic carbocycles. The normalized spacial score (nSPS) is 12.0. The van der Waals surface area contributed by atoms with E-state index >= 15 is 0 Å². The minimum absolute atomic E-state index is 0.155. The molecule has 0 radical (unpaired) electrons. The van der Waals surface area contributed by atoms with Crippen molar-refractivity contribution in [3.8, 4) is 5.75 Å². The highest BCUT2D eigenvalue weighted by molar-refractivity contribution is 5.84. The molecule has 20 heavy (non-hydrogen) atoms. The molecule has 0 aliphatic heterocycles. The minimum Gasteiger partial charge on any atom is -0.493 e. The molecule has 1 amide bonds. The second-order valence-corrected chi connectivity index (χ2v) is 5.15. The molecule has 0 spiro atoms. The Morgan fingerprint density at radius 1 is 1.20 bits per heavy atom. The fourth-order valence-electron chi connectivity index (χ4n) is 1.51. The van der Waals surface area contributed by atoms with Gasteiger partial charge in [0.1, 0.15) is 11.8 Å². The lowest BCUT2D eigenvalue weighted by Crippen LogP contribution is -2.39. The molecule has 0 saturated heterocycles. The summed E-state index contributed by atoms with van der Waals surface area (Å²) >= 11 is 0. The van der Waals surface area contributed by atoms with Crippen molar-refractivity contribution >= 4 is 11.9 Å². The Balaban J connectivity index is 2.48. The van der Waals surface area contributed by atoms with Gasteiger partial charge in [-0.1, -0.05) is 26.0 Å². The Morgan fingerprint density at radius 2 is 1.80 bits per heavy atom. The van der Waals surface area contributed by atoms with Crippen LogP contribution in [0.2, 0.25) is 0 Å². The van der Waals surface area contributed by atoms with Crippen LogP contribution in [-0.2, 0) is 16.0 Å². The lowest BCUT2D eigenvalue weighted by Gasteiger charge is -2.10. The van der Waals surface area contributed by atoms with Gasteiger partial charge in [0, 0.05) is 0 Å². The van der Waals surface area contributed by atoms with Gasteiger partial charge in [-0.25, -0.2) is 0 Å². The van der Waals surface area contributed by atoms with Gasteiger partial charge in [0.2, 0.25) is 5.91 Å². The van der Waals surface area contributed by atoms with E-state index in [9.17, 15) is 9.59 Å². The second-order valence-electron chi connectivity index (χ2n) is 5.15. The monoisotopic (exact) mass is 279 g/mol. The largest absolute Gasteiger partial charge is 0.493 e. The predicted octanol–water partition coefficient (Wildman–Crippen LogP) is 1.85. The van der Waals surface area contributed by atoms with Crippen LogP contribution in [0.1, 0.15) is 26.3 Å². The summed E-state index contributed by atoms with van der Waals surface area (Å²) in [6.45, 7) is 6.23. The first-order valence-electron chi connectivity index (χ1n) is 6.62. The summed E-state index contributed by atoms with van der Waals surface area (Å²) in [6, 6.07) is 6.36. The highest BCUT2D eigenvalue weighted by atomic mass is 16.5. The van der Waals surface area contributed by atoms with Crippen molar-refractivity contribution in [3.63, 3.8) is 0 Å². The molecule has 1 aromatic rings. The molecular formula is C15H21NO4. The van der Waals surface area contributed by atoms with Gasteiger partial charge in [-0.05, 0) is 30.5 Å². The fraction of sp³-hybridized carbons (Fsp3) is 0.467. The molecule has 0 aromatic heterocycles. The molecule has 2 N–H and O–H groups in total. The molecule has 1 aromatic carbocycles. The van der Waals surface area contributed by atoms with Gasteiger partial charge in [0.05, 0.1) is 13.0 Å². The molecular weight excluding hydrogens is 258 g/mol. The molecule has 5 nitrogen and oxygen atoms in total. The van der Waals surface area contributed by atoms with Gasteiger partial charge in [-0.3, -0.25) is 9.59 Å². The van der Waals surface area contributed by atoms with Gasteiger partial charge >= 0.3 is 5.97 Å². The Bertz CT molecular complexity index is 453. The molecule has 1 atom stereocenters. The summed E-state index contributed by atoms with van der Waals surface area (Å²) in [5, 5.41) is 11.1. The summed E-state index contributed by atoms with van der Waals surface area (Å²) < 4.78 is 5.55. The van der Waals surface area contributed by atoms with Crippen LogP contribution in [0, 0.1) is 5.92 Å². The van der Waals surface area contributed by atoms with Crippen LogP contribution in [-0.4, -0.2) is 29.6 Å². The van der Waals surface area contributed by atoms with E-state index in [0.29, 0.717) is 12.5 Å². The number of nitrogens with one attached hydrogen (secondary N) is 1. The number of carboxylic acid groups (broad SMARTS) is 1. The molecule has 0 aliphatic rings. The smallest absolute Gasteiger partial charge is 0.325 e. The molecule has 0 heterocycles. The van der Waals surface area contributed by atoms with E-state index in [-0.39, 0.29) is 12.3 Å². The Hall–Kier alpha value is -2.04. The predicted molar refractivity (Wildman–Crippen MR) is 75.7 cm³/mol. The first-order chi connectivity index (χ1) is 9.38. The first kappa shape index (κ1) is 16.0. The number of hydrogen-bond donors (Lipinski definition) is 2. The minimum atomic E-state index is -1.05. The van der Waals surface area contributed by atoms with Crippen LogP contribution in [0.3, 0.4) is 0 Å². The topological polar surface area (TPSA) is 75.6 Å². The summed E-state index contributed by atoms with van der Waals surface area (Å²) in [7, 11) is 0. The van der Waals surface area contributed by atoms with Crippen LogP contribution in [0.15, 0.2) is 24.3 Å². The van der Waals surface area contributed by atoms with Gasteiger partial charge in [-0.2, -0.15) is 0 Å². The maximum atomic E-state index is 11.6. The van der Waals surface area contributed by atoms with E-state index in [2.05, 4.69) is 19.2 Å². The number of amides is 1. The Kier molecular flexibility index (Phi) is 6.03. The number of ether oxygens (including phenoxy) is 1. The number of aliphatic carboxylic acids is 1. The van der Waals surface area contributed by atoms with Crippen molar-refractivity contribution in [1.82, 2.24) is 5.32 Å². The number of carbonyl (C=O) groups is 2. The summed E-state index contributed by atoms with van der Waals surface area (Å²) in [5.74, 6) is -0.133. The maximum Gasteiger partial charge on any atom is 0.325 e. The van der Waals surface area contributed by atoms with Gasteiger partial charge in [0.15, 0.2) is 0 Å². The van der Waals surface area contributed by atoms with E-state index in [4.69, 9.17) is 9.84 Å². The second kappa shape index (κ2) is 7.53. The van der Waals surface area contributed by atoms with E-state index in [0.717, 1.165) is 11.3 Å². The van der Waals surface area contributed by atoms with Crippen molar-refractivity contribution in [2.24, 2.45) is 5.92 Å². The molecule has 1 rings (SSSR count). The molecule has 0 fully saturated rings. The lowest BCUT2D eigenvalue weighted by molar-refractivity contribution is -0.141. The molecule has 0 saturated carbocycles. The summed E-state index contributed by atoms with van der Waals surface area (Å²) in [6.07, 6.45) is 0.155. The van der Waals surface area contributed by atoms with Crippen molar-refractivity contribution in [2.45, 2.75) is 33.2 Å². The number of carbonyl (C=O) groups excluding carboxylic acids is 1. The number of rotatable bonds is 7. The van der Waals surface area contributed by atoms with Crippen LogP contribution < -0.4 is 10.1 Å². The van der Waals surface area contributed by atoms with E-state index in [1.165, 1.54) is 6.92 Å². The fourth-order valence-corrected chi connectivity index (χ4v) is 1.51. The number of benzene rings is 1. The highest BCUT2D eigenvalue weighted by Gasteiger charge is 2.13. The van der Waals surface area contributed by atoms with Crippen LogP contribution in [0.5, 0.6) is 5.75 Å². The van der Waals surface area contributed by atoms with E-state index in [1.807, 2.05) is 12.1 Å². The van der Waals surface area contributed by atoms with Crippen LogP contribution >= 0.6 is 0 Å². The summed E-state index contributed by atoms with van der Waals surface area (Å²) in [4.78, 5) is 22.2. The Labute approximate surface area is 118 Å². The standard InChI is InChI=1S/C15H21NO4/c1-10(2)9-20-13-6-4-12(5-7-13)8-14(17)16-11(3)15(18)19/h4-7,10-11H,8-9H2,1-3H3,(H,16,17)(H,18,19). The quantitative estimate of drug-likeness (QED) is 0.798. The SMILES string of the molecule is CC(C)COc1ccc(CC(=O)NC(C)C(=O)O)cc1. The zero-order valence-corrected chi connectivity index (χ0v) is 12.1. The third kappa shape index (κ3) is 5.73. The van der Waals surface area contributed by atoms with Crippen LogP contribution in [0.25, 0.3) is 0 Å². The van der Waals surface area contributed by atoms with Crippen molar-refractivity contribution in [3.05, 3.63) is 29.8 Å². The number of hydrogen-bond acceptors (Lipinski definition) is 3. The zero-order valence-electron chi connectivity index (χ0n) is 12.1. The van der Waals surface area contributed by atoms with Crippen LogP contribution in [0.4, 0.5) is 0 Å². The molecule has 1 unspecified atom stereocenters. The highest BCUT2D eigenvalue weighted by Crippen LogP contribution is 2.13. The lowest BCUT2D eigenvalue weighted by atomic mass is 10.1. The van der Waals surface area contributed by atoms with Gasteiger partial charge in [0.25, 0.3) is 0 Å². The van der Waals surface area contributed by atoms with Crippen molar-refractivity contribution in [2.75, 3.05) is 6.61 Å². The first-order valence-corrected chi connectivity index (χ1v) is 6.62. The molecule has 0 bridgehead atoms. The average molecular weight is 279 g/mol. The maximum absolute atomic E-state index is 11.6. The Morgan fingerprint density at radius 3 is 2.30 bits per heavy atom. The average Bonchev–Trinajstić information content (AvgIpc) is 2.37. The third-order valence-electron chi connectivity index (χ3n) is 2.62. The van der Waals surface area contributed by atoms with Gasteiger partial charge in [-0.15, -0.1) is 0 Å². The third-order valence-corrected chi connectivity index (χ3v) is 2.62. The molecule has 5 heteroatoms. The zero-order chi connectivity index (χ0) is 15.1. The molecule has 110 valence electrons. The van der Waals surface area contributed by atoms with Crippen molar-refractivity contribution in [1.29, 1.82) is 0 Å². The summed E-state index contributed by atoms with van der Waals surface area (Å²) in [5.41, 5.74) is 0.817. The van der Waals surface area contributed by atoms with Crippen molar-refractivity contribution < 1.29 is 19.4 Å². The van der Waals surface area contributed by atoms with Gasteiger partial charge < -0.3 is 15.2 Å². The number of carboxylic acids is 1. The van der Waals surface area contributed by atoms with E-state index in [1.54, 1.807) is 12.1 Å².